The Balaban J connectivity index is 1.39. The molecule has 5 aromatic rings. The highest BCUT2D eigenvalue weighted by molar-refractivity contribution is 5.90. The largest absolute Gasteiger partial charge is 0.497 e. The number of anilines is 2. The second kappa shape index (κ2) is 7.63. The number of pyridine rings is 1. The van der Waals surface area contributed by atoms with Crippen LogP contribution in [-0.2, 0) is 6.54 Å². The van der Waals surface area contributed by atoms with Gasteiger partial charge in [0, 0.05) is 23.1 Å². The normalized spacial score (nSPS) is 13.5. The molecule has 0 saturated carbocycles. The van der Waals surface area contributed by atoms with E-state index in [1.54, 1.807) is 13.4 Å². The molecule has 0 unspecified atom stereocenters. The van der Waals surface area contributed by atoms with E-state index >= 15 is 0 Å². The van der Waals surface area contributed by atoms with Crippen molar-refractivity contribution in [2.75, 3.05) is 30.9 Å². The molecular formula is C24H22N7O2+. The van der Waals surface area contributed by atoms with Crippen LogP contribution < -0.4 is 25.1 Å². The molecular weight excluding hydrogens is 418 g/mol. The summed E-state index contributed by atoms with van der Waals surface area (Å²) in [5.41, 5.74) is 11.4. The highest BCUT2D eigenvalue weighted by Crippen LogP contribution is 2.33. The Labute approximate surface area is 189 Å². The number of methoxy groups -OCH3 is 1. The monoisotopic (exact) mass is 440 g/mol. The lowest BCUT2D eigenvalue weighted by atomic mass is 10.0. The van der Waals surface area contributed by atoms with Gasteiger partial charge >= 0.3 is 11.6 Å². The van der Waals surface area contributed by atoms with Crippen LogP contribution in [0.25, 0.3) is 33.2 Å². The number of H-pyrrole nitrogens is 2. The van der Waals surface area contributed by atoms with E-state index in [0.717, 1.165) is 56.1 Å². The first-order valence-electron chi connectivity index (χ1n) is 10.6. The van der Waals surface area contributed by atoms with E-state index in [4.69, 9.17) is 15.2 Å². The fourth-order valence-electron chi connectivity index (χ4n) is 4.29. The van der Waals surface area contributed by atoms with E-state index < -0.39 is 0 Å². The predicted octanol–water partition coefficient (Wildman–Crippen LogP) is 2.98. The number of hydrogen-bond acceptors (Lipinski definition) is 7. The van der Waals surface area contributed by atoms with Gasteiger partial charge in [-0.25, -0.2) is 15.0 Å². The van der Waals surface area contributed by atoms with Crippen molar-refractivity contribution in [1.82, 2.24) is 19.9 Å². The molecule has 4 N–H and O–H groups in total. The Morgan fingerprint density at radius 2 is 2.06 bits per heavy atom. The van der Waals surface area contributed by atoms with Crippen LogP contribution in [-0.4, -0.2) is 40.2 Å². The number of nitrogens with one attached hydrogen (secondary N) is 2. The lowest BCUT2D eigenvalue weighted by molar-refractivity contribution is -0.346. The first kappa shape index (κ1) is 19.3. The van der Waals surface area contributed by atoms with Crippen molar-refractivity contribution >= 4 is 33.8 Å². The molecule has 3 aromatic heterocycles. The molecule has 0 bridgehead atoms. The fraction of sp³-hybridized carbons (Fsp3) is 0.167. The molecule has 1 aliphatic heterocycles. The van der Waals surface area contributed by atoms with Gasteiger partial charge in [0.05, 0.1) is 25.4 Å². The van der Waals surface area contributed by atoms with E-state index in [-0.39, 0.29) is 0 Å². The average Bonchev–Trinajstić information content (AvgIpc) is 3.09. The van der Waals surface area contributed by atoms with Crippen molar-refractivity contribution in [1.29, 1.82) is 0 Å². The fourth-order valence-corrected chi connectivity index (χ4v) is 4.29. The molecule has 0 fully saturated rings. The lowest BCUT2D eigenvalue weighted by Gasteiger charge is -2.22. The number of nitrogen functional groups attached to an aromatic ring is 1. The Bertz CT molecular complexity index is 1500. The van der Waals surface area contributed by atoms with Crippen LogP contribution in [0.4, 0.5) is 11.8 Å². The highest BCUT2D eigenvalue weighted by atomic mass is 16.5. The van der Waals surface area contributed by atoms with Gasteiger partial charge in [-0.3, -0.25) is 4.98 Å². The minimum atomic E-state index is 0.387. The van der Waals surface area contributed by atoms with Crippen LogP contribution in [0.1, 0.15) is 5.56 Å². The van der Waals surface area contributed by atoms with Gasteiger partial charge < -0.3 is 20.1 Å². The van der Waals surface area contributed by atoms with E-state index in [0.29, 0.717) is 25.6 Å². The van der Waals surface area contributed by atoms with Gasteiger partial charge in [-0.2, -0.15) is 0 Å². The summed E-state index contributed by atoms with van der Waals surface area (Å²) in [6, 6.07) is 14.1. The third kappa shape index (κ3) is 3.43. The molecule has 0 amide bonds. The lowest BCUT2D eigenvalue weighted by Crippen LogP contribution is -2.26. The number of hydrogen-bond donors (Lipinski definition) is 2. The van der Waals surface area contributed by atoms with Gasteiger partial charge in [0.15, 0.2) is 0 Å². The standard InChI is InChI=1S/C24H21N7O2/c1-32-17-3-4-19-18(10-17)23(28-13-27-19)31-6-7-33-21-5-2-14(8-16(21)12-31)15-9-20-22(26-11-15)30-24(25)29-20/h2-5,8-11,13H,6-7,12H2,1H3,(H3,25,26,29,30)/p+1. The minimum absolute atomic E-state index is 0.387. The minimum Gasteiger partial charge on any atom is -0.497 e. The molecule has 2 aromatic carbocycles. The molecule has 9 heteroatoms. The van der Waals surface area contributed by atoms with Crippen LogP contribution in [0.2, 0.25) is 0 Å². The Hall–Kier alpha value is -4.40. The molecule has 1 aliphatic rings. The van der Waals surface area contributed by atoms with Crippen molar-refractivity contribution in [3.05, 3.63) is 60.6 Å². The molecule has 0 aliphatic carbocycles. The summed E-state index contributed by atoms with van der Waals surface area (Å²) in [5, 5.41) is 0.952. The third-order valence-electron chi connectivity index (χ3n) is 5.91. The Morgan fingerprint density at radius 1 is 1.12 bits per heavy atom. The van der Waals surface area contributed by atoms with Gasteiger partial charge in [0.25, 0.3) is 0 Å². The van der Waals surface area contributed by atoms with Crippen LogP contribution in [0.3, 0.4) is 0 Å². The Morgan fingerprint density at radius 3 is 2.97 bits per heavy atom. The number of aromatic nitrogens is 5. The number of nitrogens with two attached hydrogens (primary N) is 1. The maximum absolute atomic E-state index is 6.07. The van der Waals surface area contributed by atoms with Gasteiger partial charge in [0.1, 0.15) is 35.8 Å². The summed E-state index contributed by atoms with van der Waals surface area (Å²) in [6.07, 6.45) is 3.54. The van der Waals surface area contributed by atoms with Crippen LogP contribution in [0, 0.1) is 0 Å². The molecule has 164 valence electrons. The quantitative estimate of drug-likeness (QED) is 0.443. The molecule has 9 nitrogen and oxygen atoms in total. The third-order valence-corrected chi connectivity index (χ3v) is 5.91. The van der Waals surface area contributed by atoms with E-state index in [1.807, 2.05) is 36.5 Å². The van der Waals surface area contributed by atoms with Gasteiger partial charge in [-0.15, -0.1) is 0 Å². The smallest absolute Gasteiger partial charge is 0.349 e. The number of nitrogens with zero attached hydrogens (tertiary/aromatic N) is 4. The van der Waals surface area contributed by atoms with Crippen molar-refractivity contribution in [3.63, 3.8) is 0 Å². The average molecular weight is 440 g/mol. The first-order valence-corrected chi connectivity index (χ1v) is 10.6. The maximum atomic E-state index is 6.07. The molecule has 0 atom stereocenters. The number of aromatic amines is 2. The SMILES string of the molecule is COc1ccc2ncnc(N3CCOc4ccc(-c5c[nH+]c6nc(N)[nH]c6c5)cc4C3)c2c1. The molecule has 33 heavy (non-hydrogen) atoms. The topological polar surface area (TPSA) is 116 Å². The molecule has 4 heterocycles. The maximum Gasteiger partial charge on any atom is 0.349 e. The summed E-state index contributed by atoms with van der Waals surface area (Å²) in [5.74, 6) is 2.91. The van der Waals surface area contributed by atoms with E-state index in [1.165, 1.54) is 0 Å². The molecule has 0 saturated heterocycles. The second-order valence-electron chi connectivity index (χ2n) is 7.95. The summed E-state index contributed by atoms with van der Waals surface area (Å²) >= 11 is 0. The number of ether oxygens (including phenoxy) is 2. The number of fused-ring (bicyclic) bond motifs is 3. The molecule has 0 radical (unpaired) electrons. The molecule has 0 spiro atoms. The van der Waals surface area contributed by atoms with Crippen LogP contribution in [0.5, 0.6) is 11.5 Å². The number of rotatable bonds is 3. The zero-order valence-electron chi connectivity index (χ0n) is 18.0. The summed E-state index contributed by atoms with van der Waals surface area (Å²) in [6.45, 7) is 1.94. The van der Waals surface area contributed by atoms with Crippen molar-refractivity contribution in [2.45, 2.75) is 6.54 Å². The van der Waals surface area contributed by atoms with Gasteiger partial charge in [0.2, 0.25) is 0 Å². The Kier molecular flexibility index (Phi) is 4.46. The zero-order chi connectivity index (χ0) is 22.4. The van der Waals surface area contributed by atoms with Gasteiger partial charge in [-0.1, -0.05) is 6.07 Å². The summed E-state index contributed by atoms with van der Waals surface area (Å²) in [4.78, 5) is 21.8. The van der Waals surface area contributed by atoms with Crippen LogP contribution >= 0.6 is 0 Å². The highest BCUT2D eigenvalue weighted by Gasteiger charge is 2.20. The predicted molar refractivity (Wildman–Crippen MR) is 125 cm³/mol. The van der Waals surface area contributed by atoms with E-state index in [2.05, 4.69) is 42.0 Å². The molecule has 6 rings (SSSR count). The second-order valence-corrected chi connectivity index (χ2v) is 7.95. The van der Waals surface area contributed by atoms with E-state index in [9.17, 15) is 0 Å². The number of benzene rings is 2. The van der Waals surface area contributed by atoms with Crippen molar-refractivity contribution in [3.8, 4) is 22.6 Å². The van der Waals surface area contributed by atoms with Crippen molar-refractivity contribution < 1.29 is 14.5 Å². The van der Waals surface area contributed by atoms with Crippen LogP contribution in [0.15, 0.2) is 55.0 Å². The summed E-state index contributed by atoms with van der Waals surface area (Å²) in [7, 11) is 1.66. The zero-order valence-corrected chi connectivity index (χ0v) is 18.0. The first-order chi connectivity index (χ1) is 16.2. The number of imidazole rings is 1. The van der Waals surface area contributed by atoms with Gasteiger partial charge in [-0.05, 0) is 46.9 Å². The summed E-state index contributed by atoms with van der Waals surface area (Å²) < 4.78 is 11.5. The van der Waals surface area contributed by atoms with Crippen molar-refractivity contribution in [2.24, 2.45) is 0 Å².